The maximum absolute atomic E-state index is 12.8. The van der Waals surface area contributed by atoms with Crippen molar-refractivity contribution in [2.24, 2.45) is 0 Å². The Hall–Kier alpha value is -2.64. The summed E-state index contributed by atoms with van der Waals surface area (Å²) in [5, 5.41) is 0. The number of imidazole rings is 1. The number of rotatable bonds is 6. The number of aryl methyl sites for hydroxylation is 2. The molecule has 2 N–H and O–H groups in total. The molecule has 0 bridgehead atoms. The monoisotopic (exact) mass is 373 g/mol. The highest BCUT2D eigenvalue weighted by Crippen LogP contribution is 2.26. The van der Waals surface area contributed by atoms with E-state index in [0.29, 0.717) is 24.3 Å². The molecule has 0 radical (unpaired) electrons. The van der Waals surface area contributed by atoms with E-state index in [9.17, 15) is 14.4 Å². The fraction of sp³-hybridized carbons (Fsp3) is 0.579. The fourth-order valence-electron chi connectivity index (χ4n) is 3.71. The first-order valence-corrected chi connectivity index (χ1v) is 9.60. The van der Waals surface area contributed by atoms with Crippen LogP contribution in [0.4, 0.5) is 0 Å². The molecular weight excluding hydrogens is 346 g/mol. The lowest BCUT2D eigenvalue weighted by atomic mass is 9.96. The van der Waals surface area contributed by atoms with Gasteiger partial charge < -0.3 is 14.5 Å². The van der Waals surface area contributed by atoms with Gasteiger partial charge in [-0.25, -0.2) is 9.78 Å². The first-order chi connectivity index (χ1) is 13.0. The van der Waals surface area contributed by atoms with Gasteiger partial charge in [-0.1, -0.05) is 13.3 Å². The molecule has 2 aromatic heterocycles. The Bertz CT molecular complexity index is 911. The number of unbranched alkanes of at least 4 members (excludes halogenated alkanes) is 1. The quantitative estimate of drug-likeness (QED) is 0.797. The maximum Gasteiger partial charge on any atom is 0.325 e. The van der Waals surface area contributed by atoms with Crippen molar-refractivity contribution < 1.29 is 4.79 Å². The van der Waals surface area contributed by atoms with Crippen molar-refractivity contribution in [2.75, 3.05) is 13.1 Å². The lowest BCUT2D eigenvalue weighted by Crippen LogP contribution is -2.41. The van der Waals surface area contributed by atoms with Crippen molar-refractivity contribution in [1.29, 1.82) is 0 Å². The fourth-order valence-corrected chi connectivity index (χ4v) is 3.71. The number of H-pyrrole nitrogens is 2. The molecule has 27 heavy (non-hydrogen) atoms. The van der Waals surface area contributed by atoms with Gasteiger partial charge in [-0.15, -0.1) is 0 Å². The van der Waals surface area contributed by atoms with Crippen molar-refractivity contribution in [3.05, 3.63) is 50.3 Å². The molecule has 146 valence electrons. The van der Waals surface area contributed by atoms with Gasteiger partial charge in [0.2, 0.25) is 5.91 Å². The molecule has 0 unspecified atom stereocenters. The number of hydrogen-bond acceptors (Lipinski definition) is 4. The third-order valence-corrected chi connectivity index (χ3v) is 5.22. The van der Waals surface area contributed by atoms with Gasteiger partial charge in [0.05, 0.1) is 6.42 Å². The number of nitrogens with zero attached hydrogens (tertiary/aromatic N) is 3. The van der Waals surface area contributed by atoms with Crippen molar-refractivity contribution in [1.82, 2.24) is 24.4 Å². The van der Waals surface area contributed by atoms with Crippen LogP contribution in [0.15, 0.2) is 22.0 Å². The second-order valence-corrected chi connectivity index (χ2v) is 7.20. The summed E-state index contributed by atoms with van der Waals surface area (Å²) in [5.41, 5.74) is -0.272. The SMILES string of the molecule is CCCCn1ccnc1[C@@H]1CCCN(C(=O)Cc2c(C)[nH]c(=O)[nH]c2=O)C1. The Morgan fingerprint density at radius 2 is 2.15 bits per heavy atom. The molecule has 0 aromatic carbocycles. The zero-order chi connectivity index (χ0) is 19.4. The van der Waals surface area contributed by atoms with E-state index >= 15 is 0 Å². The topological polar surface area (TPSA) is 104 Å². The molecular formula is C19H27N5O3. The number of likely N-dealkylation sites (tertiary alicyclic amines) is 1. The molecule has 3 rings (SSSR count). The van der Waals surface area contributed by atoms with E-state index in [2.05, 4.69) is 26.4 Å². The molecule has 0 aliphatic carbocycles. The molecule has 1 atom stereocenters. The van der Waals surface area contributed by atoms with Gasteiger partial charge in [-0.3, -0.25) is 14.6 Å². The summed E-state index contributed by atoms with van der Waals surface area (Å²) in [5.74, 6) is 1.16. The van der Waals surface area contributed by atoms with E-state index in [1.807, 2.05) is 17.3 Å². The summed E-state index contributed by atoms with van der Waals surface area (Å²) in [6.07, 6.45) is 7.98. The van der Waals surface area contributed by atoms with Crippen LogP contribution in [0.1, 0.15) is 55.6 Å². The Balaban J connectivity index is 1.71. The number of carbonyl (C=O) groups excluding carboxylic acids is 1. The van der Waals surface area contributed by atoms with Crippen molar-refractivity contribution in [3.8, 4) is 0 Å². The zero-order valence-electron chi connectivity index (χ0n) is 16.0. The number of aromatic amines is 2. The summed E-state index contributed by atoms with van der Waals surface area (Å²) < 4.78 is 2.19. The molecule has 1 amide bonds. The average Bonchev–Trinajstić information content (AvgIpc) is 3.11. The van der Waals surface area contributed by atoms with Crippen LogP contribution in [-0.4, -0.2) is 43.4 Å². The molecule has 8 nitrogen and oxygen atoms in total. The Morgan fingerprint density at radius 3 is 2.89 bits per heavy atom. The second kappa shape index (κ2) is 8.37. The molecule has 1 saturated heterocycles. The normalized spacial score (nSPS) is 17.3. The van der Waals surface area contributed by atoms with Crippen LogP contribution in [0, 0.1) is 6.92 Å². The van der Waals surface area contributed by atoms with Crippen LogP contribution < -0.4 is 11.2 Å². The Labute approximate surface area is 157 Å². The van der Waals surface area contributed by atoms with Crippen LogP contribution in [0.5, 0.6) is 0 Å². The van der Waals surface area contributed by atoms with E-state index in [0.717, 1.165) is 38.1 Å². The van der Waals surface area contributed by atoms with E-state index in [4.69, 9.17) is 0 Å². The third-order valence-electron chi connectivity index (χ3n) is 5.22. The first kappa shape index (κ1) is 19.1. The number of piperidine rings is 1. The molecule has 1 fully saturated rings. The third kappa shape index (κ3) is 4.37. The first-order valence-electron chi connectivity index (χ1n) is 9.60. The van der Waals surface area contributed by atoms with Crippen LogP contribution in [0.2, 0.25) is 0 Å². The van der Waals surface area contributed by atoms with E-state index < -0.39 is 11.2 Å². The number of hydrogen-bond donors (Lipinski definition) is 2. The Morgan fingerprint density at radius 1 is 1.33 bits per heavy atom. The largest absolute Gasteiger partial charge is 0.342 e. The van der Waals surface area contributed by atoms with Crippen molar-refractivity contribution in [2.45, 2.75) is 58.4 Å². The van der Waals surface area contributed by atoms with Gasteiger partial charge in [0, 0.05) is 49.2 Å². The van der Waals surface area contributed by atoms with E-state index in [1.54, 1.807) is 6.92 Å². The van der Waals surface area contributed by atoms with Crippen molar-refractivity contribution in [3.63, 3.8) is 0 Å². The highest BCUT2D eigenvalue weighted by molar-refractivity contribution is 5.79. The van der Waals surface area contributed by atoms with Crippen LogP contribution in [0.25, 0.3) is 0 Å². The molecule has 0 saturated carbocycles. The minimum Gasteiger partial charge on any atom is -0.342 e. The predicted octanol–water partition coefficient (Wildman–Crippen LogP) is 1.32. The summed E-state index contributed by atoms with van der Waals surface area (Å²) in [4.78, 5) is 47.2. The molecule has 8 heteroatoms. The highest BCUT2D eigenvalue weighted by atomic mass is 16.2. The number of carbonyl (C=O) groups is 1. The maximum atomic E-state index is 12.8. The lowest BCUT2D eigenvalue weighted by molar-refractivity contribution is -0.131. The number of aromatic nitrogens is 4. The Kier molecular flexibility index (Phi) is 5.93. The van der Waals surface area contributed by atoms with Crippen molar-refractivity contribution >= 4 is 5.91 Å². The number of nitrogens with one attached hydrogen (secondary N) is 2. The molecule has 0 spiro atoms. The second-order valence-electron chi connectivity index (χ2n) is 7.20. The van der Waals surface area contributed by atoms with Gasteiger partial charge in [0.15, 0.2) is 0 Å². The van der Waals surface area contributed by atoms with Crippen LogP contribution >= 0.6 is 0 Å². The summed E-state index contributed by atoms with van der Waals surface area (Å²) in [6.45, 7) is 6.05. The smallest absolute Gasteiger partial charge is 0.325 e. The van der Waals surface area contributed by atoms with Crippen LogP contribution in [-0.2, 0) is 17.8 Å². The van der Waals surface area contributed by atoms with Gasteiger partial charge in [0.25, 0.3) is 5.56 Å². The molecule has 1 aliphatic heterocycles. The van der Waals surface area contributed by atoms with Gasteiger partial charge in [0.1, 0.15) is 5.82 Å². The summed E-state index contributed by atoms with van der Waals surface area (Å²) in [6, 6.07) is 0. The minimum absolute atomic E-state index is 0.00502. The standard InChI is InChI=1S/C19H27N5O3/c1-3-4-8-23-10-7-20-17(23)14-6-5-9-24(12-14)16(25)11-15-13(2)21-19(27)22-18(15)26/h7,10,14H,3-6,8-9,11-12H2,1-2H3,(H2,21,22,26,27)/t14-/m1/s1. The lowest BCUT2D eigenvalue weighted by Gasteiger charge is -2.33. The zero-order valence-corrected chi connectivity index (χ0v) is 16.0. The molecule has 1 aliphatic rings. The number of amides is 1. The highest BCUT2D eigenvalue weighted by Gasteiger charge is 2.28. The average molecular weight is 373 g/mol. The van der Waals surface area contributed by atoms with Gasteiger partial charge >= 0.3 is 5.69 Å². The summed E-state index contributed by atoms with van der Waals surface area (Å²) in [7, 11) is 0. The molecule has 2 aromatic rings. The summed E-state index contributed by atoms with van der Waals surface area (Å²) >= 11 is 0. The minimum atomic E-state index is -0.550. The molecule has 3 heterocycles. The van der Waals surface area contributed by atoms with E-state index in [1.165, 1.54) is 0 Å². The van der Waals surface area contributed by atoms with E-state index in [-0.39, 0.29) is 18.2 Å². The predicted molar refractivity (Wildman–Crippen MR) is 102 cm³/mol. The van der Waals surface area contributed by atoms with Crippen LogP contribution in [0.3, 0.4) is 0 Å². The van der Waals surface area contributed by atoms with Gasteiger partial charge in [-0.05, 0) is 26.2 Å². The van der Waals surface area contributed by atoms with Gasteiger partial charge in [-0.2, -0.15) is 0 Å².